The zero-order valence-corrected chi connectivity index (χ0v) is 14.9. The molecule has 9 heteroatoms. The Bertz CT molecular complexity index is 1160. The van der Waals surface area contributed by atoms with Crippen molar-refractivity contribution in [2.75, 3.05) is 0 Å². The highest BCUT2D eigenvalue weighted by atomic mass is 19.1. The summed E-state index contributed by atoms with van der Waals surface area (Å²) in [5.74, 6) is -0.0996. The number of fused-ring (bicyclic) bond motifs is 2. The Balaban J connectivity index is 1.72. The summed E-state index contributed by atoms with van der Waals surface area (Å²) in [6, 6.07) is 4.34. The lowest BCUT2D eigenvalue weighted by atomic mass is 10.1. The number of benzene rings is 1. The third-order valence-corrected chi connectivity index (χ3v) is 3.79. The molecule has 0 bridgehead atoms. The van der Waals surface area contributed by atoms with E-state index in [4.69, 9.17) is 4.74 Å². The number of ether oxygens (including phenoxy) is 1. The van der Waals surface area contributed by atoms with Crippen LogP contribution < -0.4 is 10.1 Å². The topological polar surface area (TPSA) is 109 Å². The van der Waals surface area contributed by atoms with E-state index in [9.17, 15) is 9.18 Å². The molecule has 0 fully saturated rings. The lowest BCUT2D eigenvalue weighted by molar-refractivity contribution is 0.191. The number of aromatic nitrogens is 5. The molecule has 8 nitrogen and oxygen atoms in total. The van der Waals surface area contributed by atoms with Crippen molar-refractivity contribution in [3.8, 4) is 17.1 Å². The minimum atomic E-state index is -0.587. The van der Waals surface area contributed by atoms with E-state index in [1.165, 1.54) is 18.3 Å². The van der Waals surface area contributed by atoms with Crippen molar-refractivity contribution in [3.05, 3.63) is 36.4 Å². The molecule has 0 aliphatic carbocycles. The Morgan fingerprint density at radius 1 is 1.30 bits per heavy atom. The second-order valence-corrected chi connectivity index (χ2v) is 7.13. The van der Waals surface area contributed by atoms with Crippen molar-refractivity contribution >= 4 is 28.2 Å². The first-order valence-electron chi connectivity index (χ1n) is 8.28. The van der Waals surface area contributed by atoms with Crippen molar-refractivity contribution in [2.45, 2.75) is 26.3 Å². The average molecular weight is 368 g/mol. The molecule has 4 rings (SSSR count). The summed E-state index contributed by atoms with van der Waals surface area (Å²) in [7, 11) is 0. The van der Waals surface area contributed by atoms with Gasteiger partial charge < -0.3 is 15.0 Å². The van der Waals surface area contributed by atoms with E-state index in [0.29, 0.717) is 33.5 Å². The second kappa shape index (κ2) is 6.04. The predicted molar refractivity (Wildman–Crippen MR) is 97.8 cm³/mol. The van der Waals surface area contributed by atoms with E-state index in [1.807, 2.05) is 20.8 Å². The van der Waals surface area contributed by atoms with Gasteiger partial charge in [-0.1, -0.05) is 0 Å². The number of aromatic amines is 2. The molecule has 0 atom stereocenters. The fourth-order valence-corrected chi connectivity index (χ4v) is 2.68. The largest absolute Gasteiger partial charge is 0.413 e. The molecule has 3 aromatic heterocycles. The van der Waals surface area contributed by atoms with Crippen LogP contribution in [0.4, 0.5) is 9.18 Å². The minimum absolute atomic E-state index is 0.256. The second-order valence-electron chi connectivity index (χ2n) is 7.13. The predicted octanol–water partition coefficient (Wildman–Crippen LogP) is 3.53. The summed E-state index contributed by atoms with van der Waals surface area (Å²) in [6.07, 6.45) is 2.49. The van der Waals surface area contributed by atoms with E-state index < -0.39 is 11.6 Å². The molecule has 0 spiro atoms. The minimum Gasteiger partial charge on any atom is -0.406 e. The summed E-state index contributed by atoms with van der Waals surface area (Å²) in [4.78, 5) is 23.8. The first-order valence-corrected chi connectivity index (χ1v) is 8.28. The van der Waals surface area contributed by atoms with Crippen LogP contribution in [0.2, 0.25) is 0 Å². The molecule has 0 unspecified atom stereocenters. The number of carbonyl (C=O) groups excluding carboxylic acids is 1. The maximum atomic E-state index is 13.4. The fraction of sp³-hybridized carbons (Fsp3) is 0.222. The molecular weight excluding hydrogens is 351 g/mol. The quantitative estimate of drug-likeness (QED) is 0.502. The summed E-state index contributed by atoms with van der Waals surface area (Å²) in [5, 5.41) is 10.4. The van der Waals surface area contributed by atoms with Crippen molar-refractivity contribution in [1.29, 1.82) is 0 Å². The van der Waals surface area contributed by atoms with Crippen molar-refractivity contribution < 1.29 is 13.9 Å². The highest BCUT2D eigenvalue weighted by molar-refractivity contribution is 5.93. The van der Waals surface area contributed by atoms with Gasteiger partial charge in [-0.25, -0.2) is 19.2 Å². The Kier molecular flexibility index (Phi) is 3.79. The highest BCUT2D eigenvalue weighted by Gasteiger charge is 2.19. The third-order valence-electron chi connectivity index (χ3n) is 3.79. The van der Waals surface area contributed by atoms with Crippen LogP contribution in [0.5, 0.6) is 5.75 Å². The van der Waals surface area contributed by atoms with E-state index >= 15 is 0 Å². The van der Waals surface area contributed by atoms with Crippen LogP contribution in [0.1, 0.15) is 20.8 Å². The van der Waals surface area contributed by atoms with Crippen LogP contribution in [0.25, 0.3) is 33.5 Å². The lowest BCUT2D eigenvalue weighted by Crippen LogP contribution is -2.42. The maximum Gasteiger partial charge on any atom is 0.413 e. The van der Waals surface area contributed by atoms with Gasteiger partial charge in [-0.2, -0.15) is 5.10 Å². The van der Waals surface area contributed by atoms with Gasteiger partial charge in [-0.15, -0.1) is 0 Å². The number of rotatable bonds is 2. The lowest BCUT2D eigenvalue weighted by Gasteiger charge is -2.19. The molecule has 1 aromatic carbocycles. The van der Waals surface area contributed by atoms with E-state index in [-0.39, 0.29) is 11.6 Å². The zero-order valence-electron chi connectivity index (χ0n) is 14.9. The molecule has 3 N–H and O–H groups in total. The average Bonchev–Trinajstić information content (AvgIpc) is 3.16. The number of carbonyl (C=O) groups is 1. The van der Waals surface area contributed by atoms with Crippen molar-refractivity contribution in [2.24, 2.45) is 0 Å². The SMILES string of the molecule is CC(C)(C)NC(=O)Oc1c[nH]c2ncc(-c3n[nH]c4cc(F)ccc34)nc12. The smallest absolute Gasteiger partial charge is 0.406 e. The van der Waals surface area contributed by atoms with Gasteiger partial charge in [0.25, 0.3) is 0 Å². The number of amides is 1. The number of nitrogens with zero attached hydrogens (tertiary/aromatic N) is 3. The molecule has 1 amide bonds. The van der Waals surface area contributed by atoms with Crippen molar-refractivity contribution in [3.63, 3.8) is 0 Å². The molecule has 0 saturated heterocycles. The van der Waals surface area contributed by atoms with Gasteiger partial charge in [0.15, 0.2) is 16.9 Å². The van der Waals surface area contributed by atoms with E-state index in [0.717, 1.165) is 0 Å². The van der Waals surface area contributed by atoms with Gasteiger partial charge >= 0.3 is 6.09 Å². The van der Waals surface area contributed by atoms with Crippen LogP contribution in [0.3, 0.4) is 0 Å². The van der Waals surface area contributed by atoms with Gasteiger partial charge in [-0.3, -0.25) is 5.10 Å². The molecular formula is C18H17FN6O2. The van der Waals surface area contributed by atoms with Crippen molar-refractivity contribution in [1.82, 2.24) is 30.5 Å². The first-order chi connectivity index (χ1) is 12.8. The molecule has 4 aromatic rings. The summed E-state index contributed by atoms with van der Waals surface area (Å²) < 4.78 is 18.7. The maximum absolute atomic E-state index is 13.4. The molecule has 0 aliphatic heterocycles. The summed E-state index contributed by atoms with van der Waals surface area (Å²) in [6.45, 7) is 5.56. The van der Waals surface area contributed by atoms with Gasteiger partial charge in [0, 0.05) is 17.1 Å². The third kappa shape index (κ3) is 3.31. The van der Waals surface area contributed by atoms with E-state index in [2.05, 4.69) is 30.5 Å². The molecule has 0 saturated carbocycles. The van der Waals surface area contributed by atoms with E-state index in [1.54, 1.807) is 12.3 Å². The number of halogens is 1. The van der Waals surface area contributed by atoms with Gasteiger partial charge in [0.1, 0.15) is 17.2 Å². The normalized spacial score (nSPS) is 11.9. The van der Waals surface area contributed by atoms with Crippen LogP contribution in [-0.4, -0.2) is 36.8 Å². The summed E-state index contributed by atoms with van der Waals surface area (Å²) >= 11 is 0. The molecule has 138 valence electrons. The Labute approximate surface area is 153 Å². The van der Waals surface area contributed by atoms with Gasteiger partial charge in [-0.05, 0) is 39.0 Å². The standard InChI is InChI=1S/C18H17FN6O2/c1-18(2,3)23-17(26)27-13-8-21-16-15(13)22-12(7-20-16)14-10-5-4-9(19)6-11(10)24-25-14/h4-8H,1-3H3,(H,20,21)(H,23,26)(H,24,25). The number of hydrogen-bond acceptors (Lipinski definition) is 5. The van der Waals surface area contributed by atoms with Crippen LogP contribution in [0.15, 0.2) is 30.6 Å². The first kappa shape index (κ1) is 17.0. The highest BCUT2D eigenvalue weighted by Crippen LogP contribution is 2.29. The van der Waals surface area contributed by atoms with Crippen LogP contribution in [-0.2, 0) is 0 Å². The van der Waals surface area contributed by atoms with Gasteiger partial charge in [0.2, 0.25) is 0 Å². The number of hydrogen-bond donors (Lipinski definition) is 3. The molecule has 3 heterocycles. The zero-order chi connectivity index (χ0) is 19.2. The Hall–Kier alpha value is -3.49. The molecule has 0 radical (unpaired) electrons. The summed E-state index contributed by atoms with van der Waals surface area (Å²) in [5.41, 5.74) is 2.01. The number of H-pyrrole nitrogens is 2. The molecule has 0 aliphatic rings. The van der Waals surface area contributed by atoms with Crippen LogP contribution in [0, 0.1) is 5.82 Å². The van der Waals surface area contributed by atoms with Gasteiger partial charge in [0.05, 0.1) is 11.7 Å². The monoisotopic (exact) mass is 368 g/mol. The Morgan fingerprint density at radius 3 is 2.89 bits per heavy atom. The van der Waals surface area contributed by atoms with Crippen LogP contribution >= 0.6 is 0 Å². The number of nitrogens with one attached hydrogen (secondary N) is 3. The Morgan fingerprint density at radius 2 is 2.11 bits per heavy atom. The molecule has 27 heavy (non-hydrogen) atoms. The fourth-order valence-electron chi connectivity index (χ4n) is 2.68.